The van der Waals surface area contributed by atoms with Gasteiger partial charge in [0.05, 0.1) is 22.4 Å². The van der Waals surface area contributed by atoms with Gasteiger partial charge in [-0.3, -0.25) is 0 Å². The summed E-state index contributed by atoms with van der Waals surface area (Å²) < 4.78 is 0. The van der Waals surface area contributed by atoms with Crippen LogP contribution in [-0.4, -0.2) is 9.97 Å². The minimum Gasteiger partial charge on any atom is -0.248 e. The molecule has 0 radical (unpaired) electrons. The fraction of sp³-hybridized carbons (Fsp3) is 0.286. The van der Waals surface area contributed by atoms with E-state index >= 15 is 0 Å². The number of hydrogen-bond acceptors (Lipinski definition) is 2. The van der Waals surface area contributed by atoms with E-state index in [-0.39, 0.29) is 5.92 Å². The Bertz CT molecular complexity index is 2120. The number of fused-ring (bicyclic) bond motifs is 4. The van der Waals surface area contributed by atoms with Gasteiger partial charge in [0.1, 0.15) is 0 Å². The van der Waals surface area contributed by atoms with Crippen molar-refractivity contribution in [3.8, 4) is 0 Å². The average molecular weight is 567 g/mol. The molecule has 0 spiro atoms. The standard InChI is InChI=1S/C42H34N2/c1-2-4-40-39(3-1)43-41-37-21-27-9-7-25-11-23-5-6-24-12-26-8-10-28-22-38(42(41)44-40)36-19-34(28)17-32(26)15-30(24)13-29(23)14-31(25)16-33(27)18-35(37)20-36/h1-10,14-15,18-19,23,26-27,38H,11-13,16-17,20-22H2. The first-order chi connectivity index (χ1) is 21.7. The first kappa shape index (κ1) is 24.1. The molecule has 4 atom stereocenters. The normalized spacial score (nSPS) is 30.4. The molecule has 0 saturated carbocycles. The second kappa shape index (κ2) is 8.66. The summed E-state index contributed by atoms with van der Waals surface area (Å²) in [6.07, 6.45) is 34.0. The maximum atomic E-state index is 5.44. The maximum absolute atomic E-state index is 5.44. The molecule has 1 aromatic heterocycles. The number of aromatic nitrogens is 2. The largest absolute Gasteiger partial charge is 0.248 e. The van der Waals surface area contributed by atoms with Gasteiger partial charge in [-0.05, 0) is 108 Å². The summed E-state index contributed by atoms with van der Waals surface area (Å²) >= 11 is 0. The van der Waals surface area contributed by atoms with Crippen molar-refractivity contribution in [3.63, 3.8) is 0 Å². The zero-order valence-corrected chi connectivity index (χ0v) is 24.9. The molecule has 9 aliphatic carbocycles. The molecule has 0 amide bonds. The number of hydrogen-bond donors (Lipinski definition) is 0. The predicted molar refractivity (Wildman–Crippen MR) is 177 cm³/mol. The molecule has 2 nitrogen and oxygen atoms in total. The molecule has 212 valence electrons. The van der Waals surface area contributed by atoms with Crippen LogP contribution < -0.4 is 0 Å². The van der Waals surface area contributed by atoms with E-state index in [0.717, 1.165) is 68.1 Å². The number of rotatable bonds is 0. The van der Waals surface area contributed by atoms with Crippen molar-refractivity contribution in [2.45, 2.75) is 57.3 Å². The Hall–Kier alpha value is -4.30. The van der Waals surface area contributed by atoms with Gasteiger partial charge in [-0.15, -0.1) is 0 Å². The lowest BCUT2D eigenvalue weighted by Crippen LogP contribution is -2.14. The van der Waals surface area contributed by atoms with E-state index in [1.807, 2.05) is 0 Å². The van der Waals surface area contributed by atoms with Gasteiger partial charge in [-0.1, -0.05) is 95.2 Å². The highest BCUT2D eigenvalue weighted by Gasteiger charge is 2.38. The monoisotopic (exact) mass is 566 g/mol. The highest BCUT2D eigenvalue weighted by Crippen LogP contribution is 2.53. The summed E-state index contributed by atoms with van der Waals surface area (Å²) in [6, 6.07) is 8.48. The van der Waals surface area contributed by atoms with E-state index in [1.165, 1.54) is 33.6 Å². The predicted octanol–water partition coefficient (Wildman–Crippen LogP) is 9.82. The molecule has 2 heteroatoms. The minimum absolute atomic E-state index is 0.274. The number of allylic oxidation sites excluding steroid dienone is 22. The summed E-state index contributed by atoms with van der Waals surface area (Å²) in [5, 5.41) is 0. The molecule has 11 rings (SSSR count). The Labute approximate surface area is 258 Å². The maximum Gasteiger partial charge on any atom is 0.0894 e. The summed E-state index contributed by atoms with van der Waals surface area (Å²) in [7, 11) is 0. The van der Waals surface area contributed by atoms with Gasteiger partial charge >= 0.3 is 0 Å². The van der Waals surface area contributed by atoms with Crippen LogP contribution in [0.15, 0.2) is 146 Å². The van der Waals surface area contributed by atoms with E-state index in [9.17, 15) is 0 Å². The molecular weight excluding hydrogens is 532 g/mol. The van der Waals surface area contributed by atoms with Crippen molar-refractivity contribution in [1.82, 2.24) is 9.97 Å². The lowest BCUT2D eigenvalue weighted by atomic mass is 9.76. The van der Waals surface area contributed by atoms with Crippen molar-refractivity contribution in [2.24, 2.45) is 17.8 Å². The lowest BCUT2D eigenvalue weighted by molar-refractivity contribution is 0.698. The smallest absolute Gasteiger partial charge is 0.0894 e. The Kier molecular flexibility index (Phi) is 4.74. The summed E-state index contributed by atoms with van der Waals surface area (Å²) in [6.45, 7) is 0. The quantitative estimate of drug-likeness (QED) is 0.317. The molecule has 0 saturated heterocycles. The number of para-hydroxylation sites is 2. The third-order valence-electron chi connectivity index (χ3n) is 12.0. The molecule has 4 unspecified atom stereocenters. The van der Waals surface area contributed by atoms with Crippen LogP contribution >= 0.6 is 0 Å². The summed E-state index contributed by atoms with van der Waals surface area (Å²) in [4.78, 5) is 10.9. The van der Waals surface area contributed by atoms with Crippen molar-refractivity contribution in [2.75, 3.05) is 0 Å². The molecule has 1 aromatic carbocycles. The zero-order chi connectivity index (χ0) is 28.5. The first-order valence-electron chi connectivity index (χ1n) is 16.7. The number of nitrogens with zero attached hydrogens (tertiary/aromatic N) is 2. The Morgan fingerprint density at radius 1 is 0.477 bits per heavy atom. The minimum atomic E-state index is 0.274. The summed E-state index contributed by atoms with van der Waals surface area (Å²) in [5.41, 5.74) is 22.9. The van der Waals surface area contributed by atoms with E-state index in [2.05, 4.69) is 85.0 Å². The summed E-state index contributed by atoms with van der Waals surface area (Å²) in [5.74, 6) is 1.69. The van der Waals surface area contributed by atoms with Gasteiger partial charge in [0.2, 0.25) is 0 Å². The van der Waals surface area contributed by atoms with E-state index < -0.39 is 0 Å². The van der Waals surface area contributed by atoms with Crippen LogP contribution in [0.1, 0.15) is 68.7 Å². The third-order valence-corrected chi connectivity index (χ3v) is 12.0. The van der Waals surface area contributed by atoms with Gasteiger partial charge in [0.15, 0.2) is 0 Å². The van der Waals surface area contributed by atoms with Gasteiger partial charge in [-0.2, -0.15) is 0 Å². The lowest BCUT2D eigenvalue weighted by Gasteiger charge is -2.29. The molecule has 44 heavy (non-hydrogen) atoms. The highest BCUT2D eigenvalue weighted by molar-refractivity contribution is 5.82. The Morgan fingerprint density at radius 2 is 0.977 bits per heavy atom. The van der Waals surface area contributed by atoms with Crippen LogP contribution in [0.25, 0.3) is 16.6 Å². The molecular formula is C42H34N2. The average Bonchev–Trinajstić information content (AvgIpc) is 3.45. The van der Waals surface area contributed by atoms with Crippen LogP contribution in [0.5, 0.6) is 0 Å². The third kappa shape index (κ3) is 3.43. The molecule has 2 aromatic rings. The second-order valence-corrected chi connectivity index (χ2v) is 14.5. The Morgan fingerprint density at radius 3 is 1.61 bits per heavy atom. The van der Waals surface area contributed by atoms with Crippen molar-refractivity contribution >= 4 is 16.6 Å². The fourth-order valence-corrected chi connectivity index (χ4v) is 9.69. The SMILES string of the molecule is C1=CC2CC3=C4C=C2CC2=C1CC1C=CC5=C(C=C6CC7=C(CC(C=C3)C(=C7)C4)c3nc4ccccc4nc3C6C5)CC1=C2. The van der Waals surface area contributed by atoms with Crippen LogP contribution in [-0.2, 0) is 0 Å². The fourth-order valence-electron chi connectivity index (χ4n) is 9.69. The molecule has 0 N–H and O–H groups in total. The van der Waals surface area contributed by atoms with Crippen LogP contribution in [0.4, 0.5) is 0 Å². The van der Waals surface area contributed by atoms with Gasteiger partial charge in [-0.25, -0.2) is 9.97 Å². The Balaban J connectivity index is 1.18. The van der Waals surface area contributed by atoms with E-state index in [1.54, 1.807) is 39.0 Å². The van der Waals surface area contributed by atoms with Gasteiger partial charge < -0.3 is 0 Å². The van der Waals surface area contributed by atoms with Gasteiger partial charge in [0.25, 0.3) is 0 Å². The molecule has 0 aliphatic heterocycles. The van der Waals surface area contributed by atoms with Crippen molar-refractivity contribution in [3.05, 3.63) is 158 Å². The molecule has 0 fully saturated rings. The molecule has 1 heterocycles. The topological polar surface area (TPSA) is 25.8 Å². The van der Waals surface area contributed by atoms with Crippen molar-refractivity contribution < 1.29 is 0 Å². The van der Waals surface area contributed by atoms with Crippen LogP contribution in [0.3, 0.4) is 0 Å². The molecule has 9 aliphatic rings. The zero-order valence-electron chi connectivity index (χ0n) is 24.9. The van der Waals surface area contributed by atoms with Crippen LogP contribution in [0.2, 0.25) is 0 Å². The molecule has 8 bridgehead atoms. The number of benzene rings is 1. The van der Waals surface area contributed by atoms with E-state index in [0.29, 0.717) is 17.8 Å². The van der Waals surface area contributed by atoms with Gasteiger partial charge in [0, 0.05) is 23.7 Å². The highest BCUT2D eigenvalue weighted by atomic mass is 14.8. The van der Waals surface area contributed by atoms with Crippen LogP contribution in [0, 0.1) is 17.8 Å². The first-order valence-corrected chi connectivity index (χ1v) is 16.7. The second-order valence-electron chi connectivity index (χ2n) is 14.5. The van der Waals surface area contributed by atoms with Crippen molar-refractivity contribution in [1.29, 1.82) is 0 Å². The van der Waals surface area contributed by atoms with E-state index in [4.69, 9.17) is 9.97 Å².